The minimum atomic E-state index is -0.694. The van der Waals surface area contributed by atoms with Crippen LogP contribution in [0, 0.1) is 11.3 Å². The van der Waals surface area contributed by atoms with Gasteiger partial charge in [0.1, 0.15) is 39.5 Å². The van der Waals surface area contributed by atoms with Crippen molar-refractivity contribution in [2.45, 2.75) is 111 Å². The third-order valence-electron chi connectivity index (χ3n) is 12.1. The van der Waals surface area contributed by atoms with Crippen LogP contribution in [0.4, 0.5) is 0 Å². The van der Waals surface area contributed by atoms with Crippen molar-refractivity contribution in [1.82, 2.24) is 0 Å². The number of primary amides is 1. The molecule has 3 aliphatic rings. The number of methoxy groups -OCH3 is 1. The van der Waals surface area contributed by atoms with Gasteiger partial charge in [0.25, 0.3) is 0 Å². The Labute approximate surface area is 318 Å². The maximum absolute atomic E-state index is 12.9. The van der Waals surface area contributed by atoms with E-state index in [2.05, 4.69) is 52.0 Å². The largest absolute Gasteiger partial charge is 0.508 e. The number of fused-ring (bicyclic) bond motifs is 6. The van der Waals surface area contributed by atoms with Crippen LogP contribution in [-0.2, 0) is 23.1 Å². The van der Waals surface area contributed by atoms with Gasteiger partial charge in [-0.1, -0.05) is 76.1 Å². The zero-order chi connectivity index (χ0) is 39.3. The van der Waals surface area contributed by atoms with Crippen molar-refractivity contribution in [3.63, 3.8) is 0 Å². The average Bonchev–Trinajstić information content (AvgIpc) is 3.10. The summed E-state index contributed by atoms with van der Waals surface area (Å²) >= 11 is 0. The molecule has 3 atom stereocenters. The number of phenols is 1. The molecule has 2 aliphatic carbocycles. The Balaban J connectivity index is 0.000000197. The predicted octanol–water partition coefficient (Wildman–Crippen LogP) is 9.88. The number of allylic oxidation sites excluding steroid dienone is 2. The molecule has 4 aromatic rings. The number of amides is 1. The number of benzene rings is 3. The molecule has 1 amide bonds. The van der Waals surface area contributed by atoms with E-state index in [0.717, 1.165) is 36.8 Å². The van der Waals surface area contributed by atoms with E-state index in [9.17, 15) is 19.8 Å². The van der Waals surface area contributed by atoms with E-state index in [1.807, 2.05) is 39.8 Å². The summed E-state index contributed by atoms with van der Waals surface area (Å²) in [4.78, 5) is 25.1. The number of rotatable bonds is 6. The molecular formula is C46H55NO7. The molecule has 3 aromatic carbocycles. The minimum Gasteiger partial charge on any atom is -0.508 e. The predicted molar refractivity (Wildman–Crippen MR) is 216 cm³/mol. The van der Waals surface area contributed by atoms with Gasteiger partial charge >= 0.3 is 5.63 Å². The summed E-state index contributed by atoms with van der Waals surface area (Å²) < 4.78 is 17.8. The first kappa shape index (κ1) is 38.7. The van der Waals surface area contributed by atoms with Gasteiger partial charge in [0.15, 0.2) is 5.58 Å². The molecule has 0 spiro atoms. The van der Waals surface area contributed by atoms with E-state index < -0.39 is 11.2 Å². The van der Waals surface area contributed by atoms with E-state index in [1.165, 1.54) is 42.4 Å². The van der Waals surface area contributed by atoms with Gasteiger partial charge in [0.2, 0.25) is 5.91 Å². The van der Waals surface area contributed by atoms with E-state index in [0.29, 0.717) is 46.3 Å². The maximum Gasteiger partial charge on any atom is 0.348 e. The Kier molecular flexibility index (Phi) is 10.3. The molecule has 0 bridgehead atoms. The van der Waals surface area contributed by atoms with Crippen LogP contribution < -0.4 is 20.8 Å². The molecule has 1 aliphatic heterocycles. The number of aromatic hydroxyl groups is 2. The lowest BCUT2D eigenvalue weighted by molar-refractivity contribution is -0.135. The fourth-order valence-corrected chi connectivity index (χ4v) is 9.06. The molecule has 4 N–H and O–H groups in total. The second-order valence-electron chi connectivity index (χ2n) is 16.9. The monoisotopic (exact) mass is 733 g/mol. The molecule has 0 radical (unpaired) electrons. The fourth-order valence-electron chi connectivity index (χ4n) is 9.06. The Morgan fingerprint density at radius 3 is 2.39 bits per heavy atom. The number of nitrogens with two attached hydrogens (primary N) is 1. The lowest BCUT2D eigenvalue weighted by atomic mass is 9.49. The van der Waals surface area contributed by atoms with Gasteiger partial charge in [0.05, 0.1) is 12.7 Å². The highest BCUT2D eigenvalue weighted by molar-refractivity contribution is 6.02. The van der Waals surface area contributed by atoms with Crippen LogP contribution >= 0.6 is 0 Å². The molecular weight excluding hydrogens is 679 g/mol. The van der Waals surface area contributed by atoms with Gasteiger partial charge in [-0.2, -0.15) is 0 Å². The fraction of sp³-hybridized carbons (Fsp3) is 0.435. The van der Waals surface area contributed by atoms with Crippen LogP contribution in [0.3, 0.4) is 0 Å². The lowest BCUT2D eigenvalue weighted by Gasteiger charge is -2.54. The number of hydrogen-bond donors (Lipinski definition) is 3. The standard InChI is InChI=1S/C26H26O6.C20H29NO/c1-14(2)6-11-17-22-18(12-13-26(3,4)32-22)24-20(23(17)30-5)21(28)19(25(29)31-24)15-7-9-16(27)10-8-15;1-13(2)14-6-8-16-15(12-14)7-9-17-19(16,3)10-5-11-20(17,4)18(21)22/h6-10,12-13,27-28H,11H2,1-5H3;6,8,12-13,17H,5,7,9-11H2,1-4H3,(H2,21,22). The van der Waals surface area contributed by atoms with E-state index in [-0.39, 0.29) is 39.4 Å². The average molecular weight is 734 g/mol. The highest BCUT2D eigenvalue weighted by Gasteiger charge is 2.54. The summed E-state index contributed by atoms with van der Waals surface area (Å²) in [5, 5.41) is 21.2. The highest BCUT2D eigenvalue weighted by atomic mass is 16.5. The van der Waals surface area contributed by atoms with Crippen molar-refractivity contribution in [2.24, 2.45) is 17.1 Å². The van der Waals surface area contributed by atoms with Crippen molar-refractivity contribution in [3.8, 4) is 34.1 Å². The van der Waals surface area contributed by atoms with Crippen molar-refractivity contribution in [3.05, 3.63) is 98.4 Å². The molecule has 1 aromatic heterocycles. The first-order valence-corrected chi connectivity index (χ1v) is 19.1. The minimum absolute atomic E-state index is 0.00458. The smallest absolute Gasteiger partial charge is 0.348 e. The molecule has 3 unspecified atom stereocenters. The quantitative estimate of drug-likeness (QED) is 0.133. The summed E-state index contributed by atoms with van der Waals surface area (Å²) in [6, 6.07) is 13.0. The van der Waals surface area contributed by atoms with Gasteiger partial charge in [0, 0.05) is 11.0 Å². The Morgan fingerprint density at radius 2 is 1.76 bits per heavy atom. The Hall–Kier alpha value is -4.98. The topological polar surface area (TPSA) is 132 Å². The summed E-state index contributed by atoms with van der Waals surface area (Å²) in [5.41, 5.74) is 11.8. The van der Waals surface area contributed by atoms with Gasteiger partial charge in [-0.25, -0.2) is 4.79 Å². The van der Waals surface area contributed by atoms with Crippen LogP contribution in [0.1, 0.15) is 115 Å². The molecule has 2 heterocycles. The van der Waals surface area contributed by atoms with Gasteiger partial charge in [-0.15, -0.1) is 0 Å². The first-order valence-electron chi connectivity index (χ1n) is 19.1. The van der Waals surface area contributed by atoms with Gasteiger partial charge in [-0.3, -0.25) is 4.79 Å². The van der Waals surface area contributed by atoms with E-state index >= 15 is 0 Å². The molecule has 8 nitrogen and oxygen atoms in total. The third-order valence-corrected chi connectivity index (χ3v) is 12.1. The number of hydrogen-bond acceptors (Lipinski definition) is 7. The number of aryl methyl sites for hydroxylation is 1. The van der Waals surface area contributed by atoms with Crippen LogP contribution in [0.15, 0.2) is 69.4 Å². The zero-order valence-electron chi connectivity index (χ0n) is 33.2. The van der Waals surface area contributed by atoms with E-state index in [4.69, 9.17) is 19.6 Å². The molecule has 1 fully saturated rings. The van der Waals surface area contributed by atoms with Crippen LogP contribution in [0.25, 0.3) is 28.2 Å². The molecule has 0 saturated heterocycles. The third kappa shape index (κ3) is 6.80. The van der Waals surface area contributed by atoms with Crippen molar-refractivity contribution in [1.29, 1.82) is 0 Å². The highest BCUT2D eigenvalue weighted by Crippen LogP contribution is 2.57. The Morgan fingerprint density at radius 1 is 1.06 bits per heavy atom. The normalized spacial score (nSPS) is 22.2. The summed E-state index contributed by atoms with van der Waals surface area (Å²) in [6.07, 6.45) is 11.7. The second-order valence-corrected chi connectivity index (χ2v) is 16.9. The molecule has 8 heteroatoms. The number of carbonyl (C=O) groups excluding carboxylic acids is 1. The van der Waals surface area contributed by atoms with Crippen LogP contribution in [-0.4, -0.2) is 28.8 Å². The van der Waals surface area contributed by atoms with Crippen LogP contribution in [0.5, 0.6) is 23.0 Å². The number of phenolic OH excluding ortho intramolecular Hbond substituents is 1. The maximum atomic E-state index is 12.9. The van der Waals surface area contributed by atoms with Crippen molar-refractivity contribution < 1.29 is 28.9 Å². The van der Waals surface area contributed by atoms with Gasteiger partial charge in [-0.05, 0) is 124 Å². The molecule has 1 saturated carbocycles. The molecule has 286 valence electrons. The number of ether oxygens (including phenoxy) is 2. The summed E-state index contributed by atoms with van der Waals surface area (Å²) in [7, 11) is 1.52. The molecule has 7 rings (SSSR count). The van der Waals surface area contributed by atoms with Gasteiger partial charge < -0.3 is 29.8 Å². The lowest BCUT2D eigenvalue weighted by Crippen LogP contribution is -2.54. The van der Waals surface area contributed by atoms with Crippen LogP contribution in [0.2, 0.25) is 0 Å². The Bertz CT molecular complexity index is 2220. The second kappa shape index (κ2) is 14.3. The SMILES string of the molecule is CC(C)c1ccc2c(c1)CCC1C(C)(C(N)=O)CCCC21C.COc1c(CC=C(C)C)c2c(c3oc(=O)c(-c4ccc(O)cc4)c(O)c13)C=CC(C)(C)O2. The summed E-state index contributed by atoms with van der Waals surface area (Å²) in [6.45, 7) is 16.9. The number of carbonyl (C=O) groups is 1. The summed E-state index contributed by atoms with van der Waals surface area (Å²) in [5.74, 6) is 1.62. The zero-order valence-corrected chi connectivity index (χ0v) is 33.2. The first-order chi connectivity index (χ1) is 25.4. The van der Waals surface area contributed by atoms with Crippen molar-refractivity contribution >= 4 is 23.0 Å². The van der Waals surface area contributed by atoms with Crippen molar-refractivity contribution in [2.75, 3.05) is 7.11 Å². The van der Waals surface area contributed by atoms with E-state index in [1.54, 1.807) is 12.1 Å². The molecule has 54 heavy (non-hydrogen) atoms.